The lowest BCUT2D eigenvalue weighted by Crippen LogP contribution is -2.42. The Morgan fingerprint density at radius 2 is 2.07 bits per heavy atom. The molecule has 88 valence electrons. The molecular weight excluding hydrogens is 214 g/mol. The fourth-order valence-corrected chi connectivity index (χ4v) is 3.62. The molecule has 0 aromatic rings. The summed E-state index contributed by atoms with van der Waals surface area (Å²) in [5.74, 6) is 0.508. The van der Waals surface area contributed by atoms with Crippen molar-refractivity contribution in [2.24, 2.45) is 5.92 Å². The van der Waals surface area contributed by atoms with E-state index in [1.54, 1.807) is 18.4 Å². The van der Waals surface area contributed by atoms with E-state index in [-0.39, 0.29) is 0 Å². The monoisotopic (exact) mass is 233 g/mol. The van der Waals surface area contributed by atoms with E-state index in [0.29, 0.717) is 25.0 Å². The van der Waals surface area contributed by atoms with Gasteiger partial charge in [-0.3, -0.25) is 0 Å². The number of fused-ring (bicyclic) bond motifs is 1. The highest BCUT2D eigenvalue weighted by Gasteiger charge is 2.40. The summed E-state index contributed by atoms with van der Waals surface area (Å²) < 4.78 is 26.7. The van der Waals surface area contributed by atoms with Gasteiger partial charge in [0.05, 0.1) is 0 Å². The van der Waals surface area contributed by atoms with Gasteiger partial charge in [0.1, 0.15) is 0 Å². The largest absolute Gasteiger partial charge is 0.312 e. The van der Waals surface area contributed by atoms with Crippen LogP contribution in [-0.2, 0) is 10.2 Å². The van der Waals surface area contributed by atoms with Gasteiger partial charge in [-0.2, -0.15) is 17.0 Å². The Labute approximate surface area is 91.6 Å². The van der Waals surface area contributed by atoms with Gasteiger partial charge in [0.2, 0.25) is 0 Å². The predicted molar refractivity (Wildman–Crippen MR) is 58.7 cm³/mol. The first-order valence-electron chi connectivity index (χ1n) is 5.43. The maximum atomic E-state index is 11.9. The zero-order valence-corrected chi connectivity index (χ0v) is 10.1. The maximum absolute atomic E-state index is 11.9. The molecule has 0 spiro atoms. The molecule has 1 N–H and O–H groups in total. The smallest absolute Gasteiger partial charge is 0.281 e. The Kier molecular flexibility index (Phi) is 3.03. The number of nitrogens with one attached hydrogen (secondary N) is 1. The van der Waals surface area contributed by atoms with Gasteiger partial charge in [-0.25, -0.2) is 0 Å². The predicted octanol–water partition coefficient (Wildman–Crippen LogP) is -0.523. The first-order chi connectivity index (χ1) is 7.01. The molecular formula is C9H19N3O2S. The van der Waals surface area contributed by atoms with E-state index in [4.69, 9.17) is 0 Å². The van der Waals surface area contributed by atoms with Gasteiger partial charge in [-0.1, -0.05) is 0 Å². The van der Waals surface area contributed by atoms with Crippen LogP contribution in [0.4, 0.5) is 0 Å². The van der Waals surface area contributed by atoms with Crippen molar-refractivity contribution in [1.29, 1.82) is 0 Å². The van der Waals surface area contributed by atoms with Crippen molar-refractivity contribution in [2.75, 3.05) is 33.7 Å². The molecule has 0 amide bonds. The van der Waals surface area contributed by atoms with Crippen molar-refractivity contribution in [3.8, 4) is 0 Å². The van der Waals surface area contributed by atoms with Crippen LogP contribution in [0.5, 0.6) is 0 Å². The summed E-state index contributed by atoms with van der Waals surface area (Å²) in [5, 5.41) is 3.40. The third-order valence-electron chi connectivity index (χ3n) is 3.35. The summed E-state index contributed by atoms with van der Waals surface area (Å²) in [6.45, 7) is 2.33. The van der Waals surface area contributed by atoms with Crippen LogP contribution in [0.3, 0.4) is 0 Å². The Bertz CT molecular complexity index is 314. The van der Waals surface area contributed by atoms with E-state index in [1.807, 2.05) is 0 Å². The average Bonchev–Trinajstić information content (AvgIpc) is 2.61. The van der Waals surface area contributed by atoms with Gasteiger partial charge in [-0.05, 0) is 25.3 Å². The van der Waals surface area contributed by atoms with Crippen molar-refractivity contribution < 1.29 is 8.42 Å². The van der Waals surface area contributed by atoms with E-state index in [1.165, 1.54) is 4.31 Å². The zero-order chi connectivity index (χ0) is 11.1. The molecule has 2 saturated heterocycles. The van der Waals surface area contributed by atoms with Crippen molar-refractivity contribution in [3.05, 3.63) is 0 Å². The molecule has 5 nitrogen and oxygen atoms in total. The molecule has 0 unspecified atom stereocenters. The van der Waals surface area contributed by atoms with Crippen LogP contribution in [-0.4, -0.2) is 56.8 Å². The number of hydrogen-bond acceptors (Lipinski definition) is 3. The average molecular weight is 233 g/mol. The normalized spacial score (nSPS) is 33.3. The molecule has 2 aliphatic heterocycles. The number of nitrogens with zero attached hydrogens (tertiary/aromatic N) is 2. The van der Waals surface area contributed by atoms with E-state index in [0.717, 1.165) is 19.4 Å². The van der Waals surface area contributed by atoms with E-state index < -0.39 is 10.2 Å². The van der Waals surface area contributed by atoms with Gasteiger partial charge >= 0.3 is 0 Å². The van der Waals surface area contributed by atoms with Crippen molar-refractivity contribution >= 4 is 10.2 Å². The Morgan fingerprint density at radius 3 is 2.67 bits per heavy atom. The quantitative estimate of drug-likeness (QED) is 0.698. The molecule has 15 heavy (non-hydrogen) atoms. The summed E-state index contributed by atoms with van der Waals surface area (Å²) in [5.41, 5.74) is 0. The van der Waals surface area contributed by atoms with E-state index in [2.05, 4.69) is 5.32 Å². The molecule has 2 atom stereocenters. The molecule has 2 fully saturated rings. The number of hydrogen-bond donors (Lipinski definition) is 1. The molecule has 2 aliphatic rings. The molecule has 2 rings (SSSR count). The molecule has 0 bridgehead atoms. The van der Waals surface area contributed by atoms with Gasteiger partial charge in [0.25, 0.3) is 10.2 Å². The molecule has 6 heteroatoms. The van der Waals surface area contributed by atoms with Crippen LogP contribution >= 0.6 is 0 Å². The fourth-order valence-electron chi connectivity index (χ4n) is 2.43. The lowest BCUT2D eigenvalue weighted by molar-refractivity contribution is 0.339. The van der Waals surface area contributed by atoms with Crippen LogP contribution in [0.15, 0.2) is 0 Å². The summed E-state index contributed by atoms with van der Waals surface area (Å²) in [4.78, 5) is 0. The molecule has 2 heterocycles. The summed E-state index contributed by atoms with van der Waals surface area (Å²) in [6.07, 6.45) is 2.31. The van der Waals surface area contributed by atoms with E-state index >= 15 is 0 Å². The molecule has 0 aromatic heterocycles. The minimum Gasteiger partial charge on any atom is -0.312 e. The standard InChI is InChI=1S/C9H19N3O2S/c1-11(2)15(13,14)12-6-8-4-3-5-10-9(8)7-12/h8-10H,3-7H2,1-2H3/t8-,9+/m0/s1. The second kappa shape index (κ2) is 4.01. The lowest BCUT2D eigenvalue weighted by atomic mass is 9.94. The van der Waals surface area contributed by atoms with Gasteiger partial charge < -0.3 is 5.32 Å². The summed E-state index contributed by atoms with van der Waals surface area (Å²) in [7, 11) is -0.0321. The summed E-state index contributed by atoms with van der Waals surface area (Å²) in [6, 6.07) is 0.369. The highest BCUT2D eigenvalue weighted by molar-refractivity contribution is 7.86. The van der Waals surface area contributed by atoms with Crippen molar-refractivity contribution in [3.63, 3.8) is 0 Å². The van der Waals surface area contributed by atoms with E-state index in [9.17, 15) is 8.42 Å². The van der Waals surface area contributed by atoms with Crippen LogP contribution < -0.4 is 5.32 Å². The van der Waals surface area contributed by atoms with Gasteiger partial charge in [0.15, 0.2) is 0 Å². The van der Waals surface area contributed by atoms with Gasteiger partial charge in [0, 0.05) is 33.2 Å². The van der Waals surface area contributed by atoms with Crippen molar-refractivity contribution in [2.45, 2.75) is 18.9 Å². The minimum atomic E-state index is -3.21. The highest BCUT2D eigenvalue weighted by atomic mass is 32.2. The lowest BCUT2D eigenvalue weighted by Gasteiger charge is -2.24. The Hall–Kier alpha value is -0.170. The number of piperidine rings is 1. The molecule has 0 aliphatic carbocycles. The topological polar surface area (TPSA) is 52.7 Å². The Morgan fingerprint density at radius 1 is 1.33 bits per heavy atom. The van der Waals surface area contributed by atoms with Crippen LogP contribution in [0.25, 0.3) is 0 Å². The fraction of sp³-hybridized carbons (Fsp3) is 1.00. The van der Waals surface area contributed by atoms with Crippen LogP contribution in [0, 0.1) is 5.92 Å². The van der Waals surface area contributed by atoms with Crippen LogP contribution in [0.1, 0.15) is 12.8 Å². The molecule has 0 saturated carbocycles. The van der Waals surface area contributed by atoms with Gasteiger partial charge in [-0.15, -0.1) is 0 Å². The zero-order valence-electron chi connectivity index (χ0n) is 9.31. The van der Waals surface area contributed by atoms with Crippen molar-refractivity contribution in [1.82, 2.24) is 13.9 Å². The minimum absolute atomic E-state index is 0.369. The number of rotatable bonds is 2. The molecule has 0 aromatic carbocycles. The highest BCUT2D eigenvalue weighted by Crippen LogP contribution is 2.27. The molecule has 0 radical (unpaired) electrons. The first kappa shape index (κ1) is 11.3. The third-order valence-corrected chi connectivity index (χ3v) is 5.23. The summed E-state index contributed by atoms with van der Waals surface area (Å²) >= 11 is 0. The first-order valence-corrected chi connectivity index (χ1v) is 6.82. The van der Waals surface area contributed by atoms with Crippen LogP contribution in [0.2, 0.25) is 0 Å². The second-order valence-corrected chi connectivity index (χ2v) is 6.71. The second-order valence-electron chi connectivity index (χ2n) is 4.57. The third kappa shape index (κ3) is 2.04. The maximum Gasteiger partial charge on any atom is 0.281 e. The Balaban J connectivity index is 2.09. The SMILES string of the molecule is CN(C)S(=O)(=O)N1C[C@@H]2CCCN[C@@H]2C1.